The molecule has 0 spiro atoms. The van der Waals surface area contributed by atoms with E-state index in [4.69, 9.17) is 0 Å². The van der Waals surface area contributed by atoms with Gasteiger partial charge in [0.05, 0.1) is 15.6 Å². The molecular weight excluding hydrogens is 311 g/mol. The number of benzene rings is 1. The molecule has 0 aliphatic heterocycles. The summed E-state index contributed by atoms with van der Waals surface area (Å²) in [5, 5.41) is 0.906. The van der Waals surface area contributed by atoms with Gasteiger partial charge in [0.2, 0.25) is 10.0 Å². The largest absolute Gasteiger partial charge is 0.246 e. The molecule has 0 bridgehead atoms. The Hall–Kier alpha value is -1.31. The van der Waals surface area contributed by atoms with Gasteiger partial charge in [0, 0.05) is 17.8 Å². The van der Waals surface area contributed by atoms with E-state index in [1.165, 1.54) is 12.1 Å². The minimum absolute atomic E-state index is 0.107. The van der Waals surface area contributed by atoms with Crippen molar-refractivity contribution in [3.8, 4) is 0 Å². The van der Waals surface area contributed by atoms with Crippen LogP contribution >= 0.6 is 11.3 Å². The Labute approximate surface area is 128 Å². The van der Waals surface area contributed by atoms with Gasteiger partial charge in [0.1, 0.15) is 5.82 Å². The fraction of sp³-hybridized carbons (Fsp3) is 0.357. The average molecular weight is 328 g/mol. The van der Waals surface area contributed by atoms with Crippen molar-refractivity contribution in [2.45, 2.75) is 32.1 Å². The van der Waals surface area contributed by atoms with Crippen LogP contribution in [0.3, 0.4) is 0 Å². The van der Waals surface area contributed by atoms with Gasteiger partial charge in [-0.1, -0.05) is 0 Å². The molecule has 21 heavy (non-hydrogen) atoms. The zero-order chi connectivity index (χ0) is 15.6. The van der Waals surface area contributed by atoms with Crippen LogP contribution in [0.5, 0.6) is 0 Å². The van der Waals surface area contributed by atoms with Crippen LogP contribution in [0.1, 0.15) is 21.1 Å². The number of aryl methyl sites for hydroxylation is 3. The molecule has 1 heterocycles. The molecular formula is C14H17FN2O2S2. The molecule has 114 valence electrons. The summed E-state index contributed by atoms with van der Waals surface area (Å²) in [6, 6.07) is 3.64. The molecule has 0 amide bonds. The first kappa shape index (κ1) is 16.1. The van der Waals surface area contributed by atoms with Gasteiger partial charge >= 0.3 is 0 Å². The van der Waals surface area contributed by atoms with Crippen LogP contribution in [0.2, 0.25) is 0 Å². The van der Waals surface area contributed by atoms with E-state index in [2.05, 4.69) is 9.71 Å². The molecule has 1 aromatic heterocycles. The molecule has 0 saturated carbocycles. The molecule has 0 saturated heterocycles. The summed E-state index contributed by atoms with van der Waals surface area (Å²) in [4.78, 5) is 5.61. The maximum absolute atomic E-state index is 13.0. The molecule has 7 heteroatoms. The first-order valence-electron chi connectivity index (χ1n) is 6.48. The topological polar surface area (TPSA) is 59.1 Å². The van der Waals surface area contributed by atoms with Gasteiger partial charge in [0.15, 0.2) is 0 Å². The van der Waals surface area contributed by atoms with Crippen molar-refractivity contribution in [2.75, 3.05) is 6.54 Å². The van der Waals surface area contributed by atoms with Crippen molar-refractivity contribution < 1.29 is 12.8 Å². The highest BCUT2D eigenvalue weighted by Crippen LogP contribution is 2.18. The number of thiazole rings is 1. The quantitative estimate of drug-likeness (QED) is 0.918. The molecule has 1 aromatic carbocycles. The van der Waals surface area contributed by atoms with E-state index < -0.39 is 15.8 Å². The van der Waals surface area contributed by atoms with Gasteiger partial charge in [-0.05, 0) is 44.5 Å². The van der Waals surface area contributed by atoms with E-state index in [0.29, 0.717) is 12.0 Å². The van der Waals surface area contributed by atoms with E-state index in [1.807, 2.05) is 13.8 Å². The van der Waals surface area contributed by atoms with Crippen LogP contribution in [0.25, 0.3) is 0 Å². The normalized spacial score (nSPS) is 11.8. The highest BCUT2D eigenvalue weighted by atomic mass is 32.2. The van der Waals surface area contributed by atoms with E-state index in [9.17, 15) is 12.8 Å². The zero-order valence-corrected chi connectivity index (χ0v) is 13.7. The maximum Gasteiger partial charge on any atom is 0.240 e. The van der Waals surface area contributed by atoms with Crippen molar-refractivity contribution in [3.05, 3.63) is 45.2 Å². The Kier molecular flexibility index (Phi) is 4.75. The van der Waals surface area contributed by atoms with Gasteiger partial charge in [0.25, 0.3) is 0 Å². The molecule has 0 radical (unpaired) electrons. The number of nitrogens with one attached hydrogen (secondary N) is 1. The highest BCUT2D eigenvalue weighted by Gasteiger charge is 2.17. The summed E-state index contributed by atoms with van der Waals surface area (Å²) in [6.07, 6.45) is 0.540. The fourth-order valence-electron chi connectivity index (χ4n) is 1.93. The van der Waals surface area contributed by atoms with Crippen molar-refractivity contribution in [3.63, 3.8) is 0 Å². The molecule has 0 aliphatic carbocycles. The van der Waals surface area contributed by atoms with Crippen molar-refractivity contribution >= 4 is 21.4 Å². The van der Waals surface area contributed by atoms with Crippen LogP contribution in [0, 0.1) is 26.6 Å². The third-order valence-electron chi connectivity index (χ3n) is 3.13. The number of nitrogens with zero attached hydrogens (tertiary/aromatic N) is 1. The van der Waals surface area contributed by atoms with E-state index in [1.54, 1.807) is 18.3 Å². The lowest BCUT2D eigenvalue weighted by atomic mass is 10.2. The van der Waals surface area contributed by atoms with Crippen LogP contribution in [0.15, 0.2) is 23.1 Å². The molecule has 0 unspecified atom stereocenters. The second-order valence-electron chi connectivity index (χ2n) is 4.81. The first-order chi connectivity index (χ1) is 9.79. The van der Waals surface area contributed by atoms with Crippen LogP contribution in [-0.4, -0.2) is 19.9 Å². The molecule has 2 aromatic rings. The number of aromatic nitrogens is 1. The predicted molar refractivity (Wildman–Crippen MR) is 81.6 cm³/mol. The Morgan fingerprint density at radius 3 is 2.57 bits per heavy atom. The summed E-state index contributed by atoms with van der Waals surface area (Å²) in [5.74, 6) is -0.444. The summed E-state index contributed by atoms with van der Waals surface area (Å²) in [6.45, 7) is 5.76. The van der Waals surface area contributed by atoms with Gasteiger partial charge in [-0.3, -0.25) is 0 Å². The summed E-state index contributed by atoms with van der Waals surface area (Å²) >= 11 is 1.57. The molecule has 0 fully saturated rings. The first-order valence-corrected chi connectivity index (χ1v) is 8.78. The predicted octanol–water partition coefficient (Wildman–Crippen LogP) is 2.73. The number of halogens is 1. The lowest BCUT2D eigenvalue weighted by Crippen LogP contribution is -2.26. The van der Waals surface area contributed by atoms with Gasteiger partial charge < -0.3 is 0 Å². The highest BCUT2D eigenvalue weighted by molar-refractivity contribution is 7.89. The summed E-state index contributed by atoms with van der Waals surface area (Å²) in [7, 11) is -3.62. The molecule has 0 atom stereocenters. The summed E-state index contributed by atoms with van der Waals surface area (Å²) in [5.41, 5.74) is 1.37. The zero-order valence-electron chi connectivity index (χ0n) is 12.1. The van der Waals surface area contributed by atoms with Crippen molar-refractivity contribution in [2.24, 2.45) is 0 Å². The van der Waals surface area contributed by atoms with Crippen LogP contribution in [0.4, 0.5) is 4.39 Å². The molecule has 1 N–H and O–H groups in total. The number of hydrogen-bond acceptors (Lipinski definition) is 4. The smallest absolute Gasteiger partial charge is 0.240 e. The number of rotatable bonds is 5. The van der Waals surface area contributed by atoms with Crippen molar-refractivity contribution in [1.82, 2.24) is 9.71 Å². The van der Waals surface area contributed by atoms with Gasteiger partial charge in [-0.15, -0.1) is 11.3 Å². The Bertz CT molecular complexity index is 735. The van der Waals surface area contributed by atoms with Gasteiger partial charge in [-0.2, -0.15) is 0 Å². The lowest BCUT2D eigenvalue weighted by molar-refractivity contribution is 0.579. The van der Waals surface area contributed by atoms with Crippen molar-refractivity contribution in [1.29, 1.82) is 0 Å². The third kappa shape index (κ3) is 3.87. The standard InChI is InChI=1S/C14H17FN2O2S2/c1-9-8-12(15)4-5-13(9)21(18,19)16-7-6-14-17-10(2)11(3)20-14/h4-5,8,16H,6-7H2,1-3H3. The number of sulfonamides is 1. The minimum atomic E-state index is -3.62. The Morgan fingerprint density at radius 2 is 2.00 bits per heavy atom. The fourth-order valence-corrected chi connectivity index (χ4v) is 4.12. The second kappa shape index (κ2) is 6.21. The average Bonchev–Trinajstić information content (AvgIpc) is 2.67. The van der Waals surface area contributed by atoms with E-state index >= 15 is 0 Å². The van der Waals surface area contributed by atoms with Crippen LogP contribution in [-0.2, 0) is 16.4 Å². The second-order valence-corrected chi connectivity index (χ2v) is 7.83. The Morgan fingerprint density at radius 1 is 1.29 bits per heavy atom. The number of hydrogen-bond donors (Lipinski definition) is 1. The van der Waals surface area contributed by atoms with Gasteiger partial charge in [-0.25, -0.2) is 22.5 Å². The lowest BCUT2D eigenvalue weighted by Gasteiger charge is -2.08. The molecule has 4 nitrogen and oxygen atoms in total. The maximum atomic E-state index is 13.0. The SMILES string of the molecule is Cc1cc(F)ccc1S(=O)(=O)NCCc1nc(C)c(C)s1. The molecule has 0 aliphatic rings. The van der Waals surface area contributed by atoms with Crippen LogP contribution < -0.4 is 4.72 Å². The monoisotopic (exact) mass is 328 g/mol. The summed E-state index contributed by atoms with van der Waals surface area (Å²) < 4.78 is 39.9. The molecule has 2 rings (SSSR count). The Balaban J connectivity index is 2.04. The minimum Gasteiger partial charge on any atom is -0.246 e. The van der Waals surface area contributed by atoms with E-state index in [0.717, 1.165) is 21.6 Å². The van der Waals surface area contributed by atoms with E-state index in [-0.39, 0.29) is 11.4 Å². The third-order valence-corrected chi connectivity index (χ3v) is 5.88.